The molecule has 8 nitrogen and oxygen atoms in total. The Kier molecular flexibility index (Phi) is 5.03. The molecule has 1 N–H and O–H groups in total. The fourth-order valence-corrected chi connectivity index (χ4v) is 3.68. The normalized spacial score (nSPS) is 15.1. The van der Waals surface area contributed by atoms with Gasteiger partial charge in [-0.25, -0.2) is 4.79 Å². The molecule has 1 fully saturated rings. The Morgan fingerprint density at radius 1 is 0.903 bits per heavy atom. The van der Waals surface area contributed by atoms with E-state index in [1.54, 1.807) is 0 Å². The maximum Gasteiger partial charge on any atom is 0.321 e. The van der Waals surface area contributed by atoms with Gasteiger partial charge in [-0.15, -0.1) is 10.2 Å². The summed E-state index contributed by atoms with van der Waals surface area (Å²) in [7, 11) is 0. The number of nitrogens with zero attached hydrogens (tertiary/aromatic N) is 4. The lowest BCUT2D eigenvalue weighted by Crippen LogP contribution is -2.50. The molecule has 3 heterocycles. The molecule has 0 saturated carbocycles. The van der Waals surface area contributed by atoms with E-state index < -0.39 is 0 Å². The number of carbonyl (C=O) groups excluding carboxylic acids is 1. The lowest BCUT2D eigenvalue weighted by atomic mass is 10.1. The van der Waals surface area contributed by atoms with Crippen molar-refractivity contribution < 1.29 is 14.3 Å². The number of piperazine rings is 1. The van der Waals surface area contributed by atoms with Gasteiger partial charge in [0.05, 0.1) is 5.69 Å². The second-order valence-corrected chi connectivity index (χ2v) is 7.62. The Hall–Kier alpha value is -3.81. The fourth-order valence-electron chi connectivity index (χ4n) is 3.68. The Morgan fingerprint density at radius 3 is 2.42 bits per heavy atom. The first kappa shape index (κ1) is 19.2. The first-order valence-corrected chi connectivity index (χ1v) is 10.3. The summed E-state index contributed by atoms with van der Waals surface area (Å²) in [5, 5.41) is 11.7. The second kappa shape index (κ2) is 8.14. The van der Waals surface area contributed by atoms with Crippen LogP contribution in [-0.2, 0) is 0 Å². The average Bonchev–Trinajstić information content (AvgIpc) is 3.29. The number of aromatic nitrogens is 2. The van der Waals surface area contributed by atoms with E-state index in [1.165, 1.54) is 0 Å². The van der Waals surface area contributed by atoms with Crippen LogP contribution in [0.5, 0.6) is 11.5 Å². The number of carbonyl (C=O) groups is 1. The molecule has 2 aliphatic rings. The highest BCUT2D eigenvalue weighted by molar-refractivity contribution is 5.89. The Bertz CT molecular complexity index is 1080. The van der Waals surface area contributed by atoms with Gasteiger partial charge in [-0.3, -0.25) is 0 Å². The van der Waals surface area contributed by atoms with Gasteiger partial charge in [0.15, 0.2) is 17.3 Å². The van der Waals surface area contributed by atoms with Gasteiger partial charge < -0.3 is 24.6 Å². The van der Waals surface area contributed by atoms with Crippen LogP contribution in [0, 0.1) is 6.92 Å². The quantitative estimate of drug-likeness (QED) is 0.702. The molecule has 3 aromatic rings. The SMILES string of the molecule is Cc1ccc(NC(=O)N2CCN(c3ccc(-c4ccc5c(c4)OCO5)nn3)CC2)cc1. The van der Waals surface area contributed by atoms with Gasteiger partial charge in [0.2, 0.25) is 6.79 Å². The number of urea groups is 1. The number of rotatable bonds is 3. The van der Waals surface area contributed by atoms with Crippen molar-refractivity contribution in [3.05, 3.63) is 60.2 Å². The summed E-state index contributed by atoms with van der Waals surface area (Å²) in [6.45, 7) is 4.94. The van der Waals surface area contributed by atoms with Crippen LogP contribution in [0.3, 0.4) is 0 Å². The van der Waals surface area contributed by atoms with Gasteiger partial charge in [0, 0.05) is 37.4 Å². The number of benzene rings is 2. The van der Waals surface area contributed by atoms with Gasteiger partial charge in [0.25, 0.3) is 0 Å². The highest BCUT2D eigenvalue weighted by atomic mass is 16.7. The van der Waals surface area contributed by atoms with E-state index in [0.717, 1.165) is 39.8 Å². The summed E-state index contributed by atoms with van der Waals surface area (Å²) in [6.07, 6.45) is 0. The summed E-state index contributed by atoms with van der Waals surface area (Å²) in [5.74, 6) is 2.28. The maximum absolute atomic E-state index is 12.5. The predicted molar refractivity (Wildman–Crippen MR) is 118 cm³/mol. The summed E-state index contributed by atoms with van der Waals surface area (Å²) >= 11 is 0. The van der Waals surface area contributed by atoms with E-state index in [0.29, 0.717) is 26.2 Å². The molecule has 0 unspecified atom stereocenters. The van der Waals surface area contributed by atoms with Crippen LogP contribution in [-0.4, -0.2) is 54.1 Å². The van der Waals surface area contributed by atoms with Gasteiger partial charge in [-0.05, 0) is 49.4 Å². The minimum absolute atomic E-state index is 0.0762. The van der Waals surface area contributed by atoms with Crippen LogP contribution in [0.25, 0.3) is 11.3 Å². The maximum atomic E-state index is 12.5. The number of ether oxygens (including phenoxy) is 2. The fraction of sp³-hybridized carbons (Fsp3) is 0.261. The van der Waals surface area contributed by atoms with Crippen molar-refractivity contribution in [2.24, 2.45) is 0 Å². The summed E-state index contributed by atoms with van der Waals surface area (Å²) in [4.78, 5) is 16.5. The molecule has 0 aliphatic carbocycles. The van der Waals surface area contributed by atoms with Crippen LogP contribution in [0.2, 0.25) is 0 Å². The predicted octanol–water partition coefficient (Wildman–Crippen LogP) is 3.53. The summed E-state index contributed by atoms with van der Waals surface area (Å²) < 4.78 is 10.8. The largest absolute Gasteiger partial charge is 0.454 e. The zero-order chi connectivity index (χ0) is 21.2. The minimum Gasteiger partial charge on any atom is -0.454 e. The first-order chi connectivity index (χ1) is 15.2. The van der Waals surface area contributed by atoms with E-state index in [4.69, 9.17) is 9.47 Å². The molecule has 2 amide bonds. The van der Waals surface area contributed by atoms with Crippen molar-refractivity contribution in [2.75, 3.05) is 43.2 Å². The number of nitrogens with one attached hydrogen (secondary N) is 1. The Balaban J connectivity index is 1.19. The highest BCUT2D eigenvalue weighted by Crippen LogP contribution is 2.35. The van der Waals surface area contributed by atoms with E-state index >= 15 is 0 Å². The Labute approximate surface area is 180 Å². The van der Waals surface area contributed by atoms with Crippen molar-refractivity contribution in [3.63, 3.8) is 0 Å². The molecule has 0 spiro atoms. The van der Waals surface area contributed by atoms with Crippen LogP contribution in [0.15, 0.2) is 54.6 Å². The lowest BCUT2D eigenvalue weighted by Gasteiger charge is -2.35. The molecule has 0 atom stereocenters. The van der Waals surface area contributed by atoms with Crippen LogP contribution >= 0.6 is 0 Å². The van der Waals surface area contributed by atoms with Gasteiger partial charge in [-0.2, -0.15) is 0 Å². The van der Waals surface area contributed by atoms with Gasteiger partial charge in [-0.1, -0.05) is 17.7 Å². The Morgan fingerprint density at radius 2 is 1.68 bits per heavy atom. The summed E-state index contributed by atoms with van der Waals surface area (Å²) in [5.41, 5.74) is 3.68. The summed E-state index contributed by atoms with van der Waals surface area (Å²) in [6, 6.07) is 17.4. The molecule has 0 bridgehead atoms. The third-order valence-electron chi connectivity index (χ3n) is 5.51. The molecule has 31 heavy (non-hydrogen) atoms. The number of fused-ring (bicyclic) bond motifs is 1. The van der Waals surface area contributed by atoms with Crippen LogP contribution < -0.4 is 19.7 Å². The molecule has 2 aromatic carbocycles. The first-order valence-electron chi connectivity index (χ1n) is 10.3. The number of anilines is 2. The zero-order valence-electron chi connectivity index (χ0n) is 17.2. The molecule has 8 heteroatoms. The second-order valence-electron chi connectivity index (χ2n) is 7.62. The van der Waals surface area contributed by atoms with Gasteiger partial charge >= 0.3 is 6.03 Å². The molecule has 5 rings (SSSR count). The van der Waals surface area contributed by atoms with Crippen molar-refractivity contribution in [1.82, 2.24) is 15.1 Å². The van der Waals surface area contributed by atoms with E-state index in [2.05, 4.69) is 20.4 Å². The molecular formula is C23H23N5O3. The molecule has 158 valence electrons. The third kappa shape index (κ3) is 4.09. The van der Waals surface area contributed by atoms with E-state index in [1.807, 2.05) is 66.4 Å². The van der Waals surface area contributed by atoms with Crippen molar-refractivity contribution in [2.45, 2.75) is 6.92 Å². The van der Waals surface area contributed by atoms with Crippen molar-refractivity contribution in [1.29, 1.82) is 0 Å². The molecule has 1 saturated heterocycles. The molecule has 0 radical (unpaired) electrons. The topological polar surface area (TPSA) is 79.8 Å². The lowest BCUT2D eigenvalue weighted by molar-refractivity contribution is 0.174. The number of amides is 2. The van der Waals surface area contributed by atoms with Crippen LogP contribution in [0.1, 0.15) is 5.56 Å². The molecular weight excluding hydrogens is 394 g/mol. The van der Waals surface area contributed by atoms with E-state index in [-0.39, 0.29) is 12.8 Å². The number of hydrogen-bond donors (Lipinski definition) is 1. The number of hydrogen-bond acceptors (Lipinski definition) is 6. The van der Waals surface area contributed by atoms with Crippen LogP contribution in [0.4, 0.5) is 16.3 Å². The van der Waals surface area contributed by atoms with Crippen molar-refractivity contribution >= 4 is 17.5 Å². The number of aryl methyl sites for hydroxylation is 1. The van der Waals surface area contributed by atoms with Gasteiger partial charge in [0.1, 0.15) is 0 Å². The third-order valence-corrected chi connectivity index (χ3v) is 5.51. The average molecular weight is 417 g/mol. The zero-order valence-corrected chi connectivity index (χ0v) is 17.2. The van der Waals surface area contributed by atoms with E-state index in [9.17, 15) is 4.79 Å². The highest BCUT2D eigenvalue weighted by Gasteiger charge is 2.22. The molecule has 1 aromatic heterocycles. The standard InChI is InChI=1S/C23H23N5O3/c1-16-2-5-18(6-3-16)24-23(29)28-12-10-27(11-13-28)22-9-7-19(25-26-22)17-4-8-20-21(14-17)31-15-30-20/h2-9,14H,10-13,15H2,1H3,(H,24,29). The monoisotopic (exact) mass is 417 g/mol. The minimum atomic E-state index is -0.0762. The molecule has 2 aliphatic heterocycles. The van der Waals surface area contributed by atoms with Crippen molar-refractivity contribution in [3.8, 4) is 22.8 Å². The smallest absolute Gasteiger partial charge is 0.321 e.